The van der Waals surface area contributed by atoms with E-state index in [1.54, 1.807) is 12.1 Å². The van der Waals surface area contributed by atoms with Gasteiger partial charge in [0.2, 0.25) is 0 Å². The fourth-order valence-electron chi connectivity index (χ4n) is 2.43. The number of carbonyl (C=O) groups is 1. The van der Waals surface area contributed by atoms with Gasteiger partial charge >= 0.3 is 0 Å². The summed E-state index contributed by atoms with van der Waals surface area (Å²) in [4.78, 5) is 11.9. The minimum Gasteiger partial charge on any atom is -0.507 e. The third-order valence-electron chi connectivity index (χ3n) is 3.74. The molecule has 0 spiro atoms. The van der Waals surface area contributed by atoms with Gasteiger partial charge < -0.3 is 14.6 Å². The van der Waals surface area contributed by atoms with Crippen LogP contribution in [0.5, 0.6) is 17.2 Å². The molecule has 6 nitrogen and oxygen atoms in total. The zero-order valence-electron chi connectivity index (χ0n) is 14.2. The Morgan fingerprint density at radius 1 is 1.15 bits per heavy atom. The molecule has 0 aliphatic heterocycles. The minimum absolute atomic E-state index is 0.0378. The molecule has 3 aromatic rings. The van der Waals surface area contributed by atoms with Crippen molar-refractivity contribution in [3.05, 3.63) is 66.2 Å². The monoisotopic (exact) mass is 350 g/mol. The van der Waals surface area contributed by atoms with Crippen LogP contribution in [0.3, 0.4) is 0 Å². The fourth-order valence-corrected chi connectivity index (χ4v) is 2.43. The number of carbonyl (C=O) groups excluding carboxylic acids is 1. The molecule has 0 radical (unpaired) electrons. The molecule has 0 saturated carbocycles. The van der Waals surface area contributed by atoms with Gasteiger partial charge in [-0.05, 0) is 29.7 Å². The van der Waals surface area contributed by atoms with Gasteiger partial charge in [0.25, 0.3) is 5.91 Å². The lowest BCUT2D eigenvalue weighted by atomic mass is 10.1. The third-order valence-corrected chi connectivity index (χ3v) is 3.74. The van der Waals surface area contributed by atoms with Crippen molar-refractivity contribution in [1.82, 2.24) is 5.43 Å². The van der Waals surface area contributed by atoms with Crippen molar-refractivity contribution in [3.8, 4) is 17.2 Å². The molecule has 0 atom stereocenters. The van der Waals surface area contributed by atoms with Crippen molar-refractivity contribution in [2.75, 3.05) is 13.7 Å². The molecule has 0 fully saturated rings. The van der Waals surface area contributed by atoms with E-state index in [1.165, 1.54) is 19.4 Å². The summed E-state index contributed by atoms with van der Waals surface area (Å²) in [6.07, 6.45) is 1.34. The van der Waals surface area contributed by atoms with Gasteiger partial charge in [0.05, 0.1) is 13.3 Å². The van der Waals surface area contributed by atoms with Gasteiger partial charge in [0.15, 0.2) is 6.61 Å². The lowest BCUT2D eigenvalue weighted by Gasteiger charge is -2.08. The van der Waals surface area contributed by atoms with Crippen LogP contribution < -0.4 is 14.9 Å². The number of phenols is 1. The number of aromatic hydroxyl groups is 1. The molecule has 0 saturated heterocycles. The summed E-state index contributed by atoms with van der Waals surface area (Å²) >= 11 is 0. The molecule has 0 aromatic heterocycles. The standard InChI is InChI=1S/C20H18N2O4/c1-25-16-9-10-18(23)15(11-16)12-21-22-20(24)13-26-19-8-4-6-14-5-2-3-7-17(14)19/h2-12,23H,13H2,1H3,(H,22,24)/b21-12+. The van der Waals surface area contributed by atoms with Crippen LogP contribution in [-0.4, -0.2) is 30.9 Å². The van der Waals surface area contributed by atoms with E-state index in [4.69, 9.17) is 9.47 Å². The van der Waals surface area contributed by atoms with Crippen LogP contribution >= 0.6 is 0 Å². The topological polar surface area (TPSA) is 80.2 Å². The predicted molar refractivity (Wildman–Crippen MR) is 99.8 cm³/mol. The fraction of sp³-hybridized carbons (Fsp3) is 0.100. The van der Waals surface area contributed by atoms with Gasteiger partial charge in [0.1, 0.15) is 17.2 Å². The number of rotatable bonds is 6. The summed E-state index contributed by atoms with van der Waals surface area (Å²) < 4.78 is 10.7. The Morgan fingerprint density at radius 3 is 2.81 bits per heavy atom. The second kappa shape index (κ2) is 8.02. The number of amides is 1. The molecule has 3 rings (SSSR count). The highest BCUT2D eigenvalue weighted by atomic mass is 16.5. The molecule has 3 aromatic carbocycles. The zero-order valence-corrected chi connectivity index (χ0v) is 14.2. The molecule has 132 valence electrons. The first-order chi connectivity index (χ1) is 12.7. The maximum atomic E-state index is 11.9. The molecule has 0 unspecified atom stereocenters. The summed E-state index contributed by atoms with van der Waals surface area (Å²) in [7, 11) is 1.53. The average molecular weight is 350 g/mol. The number of nitrogens with one attached hydrogen (secondary N) is 1. The maximum Gasteiger partial charge on any atom is 0.277 e. The van der Waals surface area contributed by atoms with Gasteiger partial charge in [-0.1, -0.05) is 36.4 Å². The minimum atomic E-state index is -0.406. The summed E-state index contributed by atoms with van der Waals surface area (Å²) in [5.41, 5.74) is 2.80. The van der Waals surface area contributed by atoms with E-state index in [0.29, 0.717) is 17.1 Å². The van der Waals surface area contributed by atoms with Gasteiger partial charge in [-0.3, -0.25) is 4.79 Å². The molecule has 0 aliphatic rings. The number of fused-ring (bicyclic) bond motifs is 1. The molecular weight excluding hydrogens is 332 g/mol. The van der Waals surface area contributed by atoms with E-state index in [2.05, 4.69) is 10.5 Å². The smallest absolute Gasteiger partial charge is 0.277 e. The first-order valence-corrected chi connectivity index (χ1v) is 7.97. The van der Waals surface area contributed by atoms with Crippen molar-refractivity contribution in [1.29, 1.82) is 0 Å². The Balaban J connectivity index is 1.59. The Morgan fingerprint density at radius 2 is 1.96 bits per heavy atom. The number of phenolic OH excluding ortho intramolecular Hbond substituents is 1. The van der Waals surface area contributed by atoms with E-state index in [9.17, 15) is 9.90 Å². The largest absolute Gasteiger partial charge is 0.507 e. The summed E-state index contributed by atoms with van der Waals surface area (Å²) in [6, 6.07) is 18.2. The van der Waals surface area contributed by atoms with Crippen molar-refractivity contribution < 1.29 is 19.4 Å². The number of nitrogens with zero attached hydrogens (tertiary/aromatic N) is 1. The maximum absolute atomic E-state index is 11.9. The second-order valence-electron chi connectivity index (χ2n) is 5.48. The molecule has 0 bridgehead atoms. The van der Waals surface area contributed by atoms with Crippen LogP contribution in [0.15, 0.2) is 65.8 Å². The Bertz CT molecular complexity index is 948. The van der Waals surface area contributed by atoms with Crippen LogP contribution in [0.25, 0.3) is 10.8 Å². The molecule has 0 heterocycles. The molecular formula is C20H18N2O4. The van der Waals surface area contributed by atoms with Crippen LogP contribution in [0, 0.1) is 0 Å². The van der Waals surface area contributed by atoms with E-state index < -0.39 is 5.91 Å². The quantitative estimate of drug-likeness (QED) is 0.529. The normalized spacial score (nSPS) is 10.8. The van der Waals surface area contributed by atoms with E-state index in [0.717, 1.165) is 10.8 Å². The third kappa shape index (κ3) is 4.10. The molecule has 1 amide bonds. The van der Waals surface area contributed by atoms with Crippen molar-refractivity contribution in [3.63, 3.8) is 0 Å². The number of ether oxygens (including phenoxy) is 2. The lowest BCUT2D eigenvalue weighted by Crippen LogP contribution is -2.24. The molecule has 26 heavy (non-hydrogen) atoms. The van der Waals surface area contributed by atoms with Crippen molar-refractivity contribution >= 4 is 22.9 Å². The summed E-state index contributed by atoms with van der Waals surface area (Å²) in [5, 5.41) is 15.6. The number of benzene rings is 3. The van der Waals surface area contributed by atoms with Gasteiger partial charge in [-0.15, -0.1) is 0 Å². The van der Waals surface area contributed by atoms with E-state index in [1.807, 2.05) is 42.5 Å². The van der Waals surface area contributed by atoms with Crippen LogP contribution in [0.2, 0.25) is 0 Å². The average Bonchev–Trinajstić information content (AvgIpc) is 2.67. The van der Waals surface area contributed by atoms with Crippen molar-refractivity contribution in [2.45, 2.75) is 0 Å². The molecule has 0 aliphatic carbocycles. The lowest BCUT2D eigenvalue weighted by molar-refractivity contribution is -0.123. The second-order valence-corrected chi connectivity index (χ2v) is 5.48. The van der Waals surface area contributed by atoms with Crippen LogP contribution in [0.1, 0.15) is 5.56 Å². The highest BCUT2D eigenvalue weighted by Gasteiger charge is 2.05. The van der Waals surface area contributed by atoms with Gasteiger partial charge in [-0.25, -0.2) is 5.43 Å². The number of hydrazone groups is 1. The zero-order chi connectivity index (χ0) is 18.4. The Hall–Kier alpha value is -3.54. The van der Waals surface area contributed by atoms with Crippen LogP contribution in [-0.2, 0) is 4.79 Å². The van der Waals surface area contributed by atoms with Crippen molar-refractivity contribution in [2.24, 2.45) is 5.10 Å². The Kier molecular flexibility index (Phi) is 5.34. The van der Waals surface area contributed by atoms with E-state index >= 15 is 0 Å². The highest BCUT2D eigenvalue weighted by molar-refractivity contribution is 5.89. The first-order valence-electron chi connectivity index (χ1n) is 7.97. The number of methoxy groups -OCH3 is 1. The summed E-state index contributed by atoms with van der Waals surface area (Å²) in [6.45, 7) is -0.171. The Labute approximate surface area is 150 Å². The summed E-state index contributed by atoms with van der Waals surface area (Å²) in [5.74, 6) is 0.843. The molecule has 2 N–H and O–H groups in total. The SMILES string of the molecule is COc1ccc(O)c(/C=N/NC(=O)COc2cccc3ccccc23)c1. The highest BCUT2D eigenvalue weighted by Crippen LogP contribution is 2.25. The van der Waals surface area contributed by atoms with Gasteiger partial charge in [0, 0.05) is 10.9 Å². The first kappa shape index (κ1) is 17.3. The number of hydrogen-bond acceptors (Lipinski definition) is 5. The van der Waals surface area contributed by atoms with Gasteiger partial charge in [-0.2, -0.15) is 5.10 Å². The van der Waals surface area contributed by atoms with E-state index in [-0.39, 0.29) is 12.4 Å². The predicted octanol–water partition coefficient (Wildman–Crippen LogP) is 3.08. The van der Waals surface area contributed by atoms with Crippen LogP contribution in [0.4, 0.5) is 0 Å². The molecule has 6 heteroatoms. The number of hydrogen-bond donors (Lipinski definition) is 2.